The number of aromatic nitrogens is 3. The number of hydrogen-bond donors (Lipinski definition) is 2. The summed E-state index contributed by atoms with van der Waals surface area (Å²) in [6.45, 7) is 3.06. The van der Waals surface area contributed by atoms with Gasteiger partial charge in [0.2, 0.25) is 0 Å². The fourth-order valence-corrected chi connectivity index (χ4v) is 3.85. The van der Waals surface area contributed by atoms with Crippen LogP contribution in [0.5, 0.6) is 5.75 Å². The Morgan fingerprint density at radius 1 is 1.15 bits per heavy atom. The smallest absolute Gasteiger partial charge is 0.267 e. The Hall–Kier alpha value is -3.98. The summed E-state index contributed by atoms with van der Waals surface area (Å²) in [5.74, 6) is 0.298. The molecule has 1 aromatic carbocycles. The Bertz CT molecular complexity index is 1470. The van der Waals surface area contributed by atoms with E-state index in [9.17, 15) is 9.59 Å². The number of nitrogens with zero attached hydrogens (tertiary/aromatic N) is 3. The Morgan fingerprint density at radius 3 is 2.62 bits per heavy atom. The molecule has 3 aromatic heterocycles. The molecule has 0 saturated carbocycles. The zero-order valence-electron chi connectivity index (χ0n) is 19.4. The monoisotopic (exact) mass is 461 g/mol. The summed E-state index contributed by atoms with van der Waals surface area (Å²) in [7, 11) is 3.19. The van der Waals surface area contributed by atoms with Crippen molar-refractivity contribution >= 4 is 22.6 Å². The van der Waals surface area contributed by atoms with Crippen molar-refractivity contribution in [3.8, 4) is 5.75 Å². The molecular formula is C25H27N5O4. The molecule has 2 N–H and O–H groups in total. The minimum Gasteiger partial charge on any atom is -0.497 e. The number of benzene rings is 1. The number of hydrogen-bond acceptors (Lipinski definition) is 6. The van der Waals surface area contributed by atoms with Gasteiger partial charge in [-0.1, -0.05) is 18.2 Å². The summed E-state index contributed by atoms with van der Waals surface area (Å²) in [6, 6.07) is 12.6. The number of carbonyl (C=O) groups is 1. The predicted octanol–water partition coefficient (Wildman–Crippen LogP) is 2.26. The molecule has 0 bridgehead atoms. The fraction of sp³-hybridized carbons (Fsp3) is 0.280. The first-order valence-corrected chi connectivity index (χ1v) is 10.9. The number of rotatable bonds is 8. The molecule has 9 nitrogen and oxygen atoms in total. The van der Waals surface area contributed by atoms with E-state index in [4.69, 9.17) is 19.9 Å². The summed E-state index contributed by atoms with van der Waals surface area (Å²) >= 11 is 0. The Labute approximate surface area is 196 Å². The van der Waals surface area contributed by atoms with Crippen LogP contribution in [0.25, 0.3) is 16.7 Å². The maximum atomic E-state index is 13.4. The SMILES string of the molecule is COCCCNC(=O)c1cc2c(=O)n3cccc(C)c3nc2n(Cc2ccc(OC)cc2)c1=N. The predicted molar refractivity (Wildman–Crippen MR) is 128 cm³/mol. The van der Waals surface area contributed by atoms with E-state index in [1.165, 1.54) is 10.5 Å². The van der Waals surface area contributed by atoms with Crippen LogP contribution in [-0.4, -0.2) is 47.2 Å². The maximum Gasteiger partial charge on any atom is 0.267 e. The van der Waals surface area contributed by atoms with Gasteiger partial charge in [-0.3, -0.25) is 19.4 Å². The van der Waals surface area contributed by atoms with Gasteiger partial charge in [0.25, 0.3) is 11.5 Å². The maximum absolute atomic E-state index is 13.4. The minimum absolute atomic E-state index is 0.0163. The molecule has 0 fully saturated rings. The van der Waals surface area contributed by atoms with E-state index in [0.717, 1.165) is 11.1 Å². The summed E-state index contributed by atoms with van der Waals surface area (Å²) in [4.78, 5) is 31.1. The number of carbonyl (C=O) groups excluding carboxylic acids is 1. The highest BCUT2D eigenvalue weighted by Crippen LogP contribution is 2.16. The van der Waals surface area contributed by atoms with Crippen LogP contribution in [0.4, 0.5) is 0 Å². The third kappa shape index (κ3) is 4.42. The lowest BCUT2D eigenvalue weighted by atomic mass is 10.1. The van der Waals surface area contributed by atoms with Gasteiger partial charge in [-0.2, -0.15) is 0 Å². The van der Waals surface area contributed by atoms with Crippen molar-refractivity contribution in [2.24, 2.45) is 0 Å². The fourth-order valence-electron chi connectivity index (χ4n) is 3.85. The molecule has 4 rings (SSSR count). The van der Waals surface area contributed by atoms with E-state index >= 15 is 0 Å². The van der Waals surface area contributed by atoms with Crippen LogP contribution in [-0.2, 0) is 11.3 Å². The molecule has 4 aromatic rings. The Balaban J connectivity index is 1.91. The molecular weight excluding hydrogens is 434 g/mol. The molecule has 176 valence electrons. The minimum atomic E-state index is -0.416. The van der Waals surface area contributed by atoms with E-state index in [-0.39, 0.29) is 28.5 Å². The molecule has 0 radical (unpaired) electrons. The van der Waals surface area contributed by atoms with Crippen LogP contribution in [0.3, 0.4) is 0 Å². The molecule has 0 aliphatic carbocycles. The molecule has 0 aliphatic rings. The van der Waals surface area contributed by atoms with Gasteiger partial charge >= 0.3 is 0 Å². The summed E-state index contributed by atoms with van der Waals surface area (Å²) in [5, 5.41) is 11.9. The van der Waals surface area contributed by atoms with Crippen LogP contribution in [0.2, 0.25) is 0 Å². The van der Waals surface area contributed by atoms with Crippen LogP contribution in [0, 0.1) is 12.3 Å². The van der Waals surface area contributed by atoms with Gasteiger partial charge in [0.15, 0.2) is 0 Å². The van der Waals surface area contributed by atoms with E-state index in [2.05, 4.69) is 5.32 Å². The number of aryl methyl sites for hydroxylation is 1. The highest BCUT2D eigenvalue weighted by molar-refractivity contribution is 5.96. The number of ether oxygens (including phenoxy) is 2. The molecule has 0 aliphatic heterocycles. The molecule has 0 atom stereocenters. The topological polar surface area (TPSA) is 111 Å². The van der Waals surface area contributed by atoms with Crippen LogP contribution >= 0.6 is 0 Å². The van der Waals surface area contributed by atoms with Gasteiger partial charge in [0.1, 0.15) is 22.5 Å². The molecule has 0 saturated heterocycles. The summed E-state index contributed by atoms with van der Waals surface area (Å²) in [6.07, 6.45) is 2.30. The summed E-state index contributed by atoms with van der Waals surface area (Å²) in [5.41, 5.74) is 2.40. The van der Waals surface area contributed by atoms with Crippen molar-refractivity contribution < 1.29 is 14.3 Å². The zero-order chi connectivity index (χ0) is 24.2. The van der Waals surface area contributed by atoms with Crippen molar-refractivity contribution in [2.45, 2.75) is 19.9 Å². The first-order chi connectivity index (χ1) is 16.4. The van der Waals surface area contributed by atoms with E-state index in [1.54, 1.807) is 31.0 Å². The van der Waals surface area contributed by atoms with Crippen LogP contribution in [0.1, 0.15) is 27.9 Å². The van der Waals surface area contributed by atoms with Gasteiger partial charge in [-0.25, -0.2) is 4.98 Å². The lowest BCUT2D eigenvalue weighted by Gasteiger charge is -2.15. The van der Waals surface area contributed by atoms with Crippen LogP contribution in [0.15, 0.2) is 53.5 Å². The van der Waals surface area contributed by atoms with Crippen LogP contribution < -0.4 is 21.1 Å². The molecule has 34 heavy (non-hydrogen) atoms. The first kappa shape index (κ1) is 23.2. The van der Waals surface area contributed by atoms with Crippen molar-refractivity contribution in [1.29, 1.82) is 5.41 Å². The number of amides is 1. The van der Waals surface area contributed by atoms with Crippen molar-refractivity contribution in [3.63, 3.8) is 0 Å². The molecule has 3 heterocycles. The quantitative estimate of drug-likeness (QED) is 0.309. The zero-order valence-corrected chi connectivity index (χ0v) is 19.4. The molecule has 0 unspecified atom stereocenters. The van der Waals surface area contributed by atoms with Gasteiger partial charge in [0, 0.05) is 26.5 Å². The Kier molecular flexibility index (Phi) is 6.74. The van der Waals surface area contributed by atoms with Crippen molar-refractivity contribution in [2.75, 3.05) is 27.4 Å². The molecule has 0 spiro atoms. The number of fused-ring (bicyclic) bond motifs is 2. The van der Waals surface area contributed by atoms with Gasteiger partial charge < -0.3 is 19.4 Å². The highest BCUT2D eigenvalue weighted by Gasteiger charge is 2.18. The number of nitrogens with one attached hydrogen (secondary N) is 2. The Morgan fingerprint density at radius 2 is 1.91 bits per heavy atom. The standard InChI is InChI=1S/C25H27N5O4/c1-16-6-4-12-29-22(16)28-23-20(25(29)32)14-19(24(31)27-11-5-13-33-2)21(26)30(23)15-17-7-9-18(34-3)10-8-17/h4,6-10,12,14,26H,5,11,13,15H2,1-3H3,(H,27,31). The second-order valence-electron chi connectivity index (χ2n) is 7.98. The number of pyridine rings is 2. The van der Waals surface area contributed by atoms with E-state index in [0.29, 0.717) is 36.6 Å². The third-order valence-electron chi connectivity index (χ3n) is 5.69. The van der Waals surface area contributed by atoms with Gasteiger partial charge in [-0.15, -0.1) is 0 Å². The molecule has 1 amide bonds. The largest absolute Gasteiger partial charge is 0.497 e. The van der Waals surface area contributed by atoms with E-state index < -0.39 is 5.91 Å². The second kappa shape index (κ2) is 9.88. The van der Waals surface area contributed by atoms with Crippen molar-refractivity contribution in [1.82, 2.24) is 19.3 Å². The highest BCUT2D eigenvalue weighted by atomic mass is 16.5. The van der Waals surface area contributed by atoms with Crippen molar-refractivity contribution in [3.05, 3.63) is 81.2 Å². The molecule has 9 heteroatoms. The third-order valence-corrected chi connectivity index (χ3v) is 5.69. The summed E-state index contributed by atoms with van der Waals surface area (Å²) < 4.78 is 13.3. The lowest BCUT2D eigenvalue weighted by Crippen LogP contribution is -2.35. The number of methoxy groups -OCH3 is 2. The van der Waals surface area contributed by atoms with Gasteiger partial charge in [-0.05, 0) is 48.7 Å². The second-order valence-corrected chi connectivity index (χ2v) is 7.98. The first-order valence-electron chi connectivity index (χ1n) is 10.9. The average Bonchev–Trinajstić information content (AvgIpc) is 2.84. The normalized spacial score (nSPS) is 11.1. The van der Waals surface area contributed by atoms with Gasteiger partial charge in [0.05, 0.1) is 24.6 Å². The lowest BCUT2D eigenvalue weighted by molar-refractivity contribution is 0.0946. The average molecular weight is 462 g/mol. The van der Waals surface area contributed by atoms with E-state index in [1.807, 2.05) is 37.3 Å².